The molecule has 0 radical (unpaired) electrons. The lowest BCUT2D eigenvalue weighted by atomic mass is 9.90. The molecule has 3 aromatic rings. The van der Waals surface area contributed by atoms with E-state index in [-0.39, 0.29) is 99.4 Å². The molecular weight excluding hydrogens is 901 g/mol. The van der Waals surface area contributed by atoms with Crippen LogP contribution in [0.25, 0.3) is 0 Å². The van der Waals surface area contributed by atoms with Gasteiger partial charge in [0, 0.05) is 80.6 Å². The molecular formula is C51H70N8O11. The van der Waals surface area contributed by atoms with E-state index in [0.717, 1.165) is 25.7 Å². The van der Waals surface area contributed by atoms with Crippen molar-refractivity contribution < 1.29 is 52.4 Å². The van der Waals surface area contributed by atoms with Crippen molar-refractivity contribution >= 4 is 35.2 Å². The number of hydrogen-bond acceptors (Lipinski definition) is 14. The predicted octanol–water partition coefficient (Wildman–Crippen LogP) is 4.49. The number of amides is 5. The Balaban J connectivity index is 0.938. The normalized spacial score (nSPS) is 20.9. The van der Waals surface area contributed by atoms with Crippen molar-refractivity contribution in [3.8, 4) is 34.5 Å². The third kappa shape index (κ3) is 11.9. The van der Waals surface area contributed by atoms with Crippen molar-refractivity contribution in [3.05, 3.63) is 64.2 Å². The van der Waals surface area contributed by atoms with Crippen LogP contribution in [-0.4, -0.2) is 144 Å². The van der Waals surface area contributed by atoms with E-state index in [4.69, 9.17) is 39.9 Å². The molecule has 2 saturated carbocycles. The maximum Gasteiger partial charge on any atom is 0.257 e. The third-order valence-electron chi connectivity index (χ3n) is 14.2. The molecule has 0 bridgehead atoms. The number of hydrogen-bond donors (Lipinski definition) is 6. The van der Waals surface area contributed by atoms with Crippen LogP contribution in [0.4, 0.5) is 5.69 Å². The van der Waals surface area contributed by atoms with E-state index >= 15 is 0 Å². The van der Waals surface area contributed by atoms with E-state index in [0.29, 0.717) is 106 Å². The zero-order valence-corrected chi connectivity index (χ0v) is 41.3. The van der Waals surface area contributed by atoms with Crippen LogP contribution < -0.4 is 61.2 Å². The topological polar surface area (TPSA) is 247 Å². The van der Waals surface area contributed by atoms with Crippen LogP contribution in [-0.2, 0) is 0 Å². The lowest BCUT2D eigenvalue weighted by Gasteiger charge is -2.32. The van der Waals surface area contributed by atoms with Gasteiger partial charge in [0.05, 0.1) is 76.2 Å². The Labute approximate surface area is 409 Å². The number of ether oxygens (including phenoxy) is 6. The number of carbonyl (C=O) groups excluding carboxylic acids is 5. The van der Waals surface area contributed by atoms with E-state index in [1.54, 1.807) is 36.3 Å². The van der Waals surface area contributed by atoms with Gasteiger partial charge in [-0.1, -0.05) is 0 Å². The van der Waals surface area contributed by atoms with Crippen LogP contribution in [0.15, 0.2) is 36.4 Å². The van der Waals surface area contributed by atoms with E-state index < -0.39 is 5.91 Å². The van der Waals surface area contributed by atoms with Crippen LogP contribution in [0, 0.1) is 0 Å². The maximum absolute atomic E-state index is 13.9. The number of likely N-dealkylation sites (tertiary alicyclic amines) is 2. The fraction of sp³-hybridized carbons (Fsp3) is 0.549. The van der Waals surface area contributed by atoms with Crippen LogP contribution >= 0.6 is 0 Å². The monoisotopic (exact) mass is 971 g/mol. The summed E-state index contributed by atoms with van der Waals surface area (Å²) in [6, 6.07) is 9.36. The van der Waals surface area contributed by atoms with Crippen molar-refractivity contribution in [3.63, 3.8) is 0 Å². The molecule has 19 nitrogen and oxygen atoms in total. The number of nitrogens with zero attached hydrogens (tertiary/aromatic N) is 2. The molecule has 70 heavy (non-hydrogen) atoms. The van der Waals surface area contributed by atoms with E-state index in [2.05, 4.69) is 21.3 Å². The van der Waals surface area contributed by atoms with Gasteiger partial charge >= 0.3 is 0 Å². The van der Waals surface area contributed by atoms with Gasteiger partial charge in [-0.15, -0.1) is 0 Å². The first-order valence-corrected chi connectivity index (χ1v) is 24.3. The number of nitrogens with two attached hydrogens (primary N) is 2. The van der Waals surface area contributed by atoms with Crippen LogP contribution in [0.5, 0.6) is 34.5 Å². The molecule has 0 atom stereocenters. The minimum atomic E-state index is -0.401. The minimum Gasteiger partial charge on any atom is -0.496 e. The van der Waals surface area contributed by atoms with Crippen molar-refractivity contribution in [1.29, 1.82) is 0 Å². The molecule has 4 fully saturated rings. The molecule has 3 aromatic carbocycles. The average Bonchev–Trinajstić information content (AvgIpc) is 3.38. The van der Waals surface area contributed by atoms with Gasteiger partial charge in [-0.2, -0.15) is 0 Å². The summed E-state index contributed by atoms with van der Waals surface area (Å²) in [5.41, 5.74) is 14.2. The highest BCUT2D eigenvalue weighted by Gasteiger charge is 2.32. The molecule has 19 heteroatoms. The van der Waals surface area contributed by atoms with Crippen molar-refractivity contribution in [2.45, 2.75) is 113 Å². The minimum absolute atomic E-state index is 0.0518. The van der Waals surface area contributed by atoms with Crippen LogP contribution in [0.3, 0.4) is 0 Å². The molecule has 2 aliphatic heterocycles. The second-order valence-electron chi connectivity index (χ2n) is 18.7. The Morgan fingerprint density at radius 2 is 0.686 bits per heavy atom. The number of rotatable bonds is 16. The summed E-state index contributed by atoms with van der Waals surface area (Å²) in [7, 11) is 8.96. The molecule has 380 valence electrons. The largest absolute Gasteiger partial charge is 0.496 e. The summed E-state index contributed by atoms with van der Waals surface area (Å²) in [6.45, 7) is 2.22. The molecule has 0 aromatic heterocycles. The van der Waals surface area contributed by atoms with E-state index in [1.807, 2.05) is 4.90 Å². The van der Waals surface area contributed by atoms with Gasteiger partial charge in [-0.05, 0) is 95.2 Å². The Bertz CT molecular complexity index is 2370. The third-order valence-corrected chi connectivity index (χ3v) is 14.2. The summed E-state index contributed by atoms with van der Waals surface area (Å²) in [4.78, 5) is 72.3. The van der Waals surface area contributed by atoms with Gasteiger partial charge in [-0.3, -0.25) is 24.0 Å². The Morgan fingerprint density at radius 1 is 0.400 bits per heavy atom. The second-order valence-corrected chi connectivity index (χ2v) is 18.7. The summed E-state index contributed by atoms with van der Waals surface area (Å²) in [5.74, 6) is 0.620. The Morgan fingerprint density at radius 3 is 1.03 bits per heavy atom. The van der Waals surface area contributed by atoms with Crippen molar-refractivity contribution in [2.24, 2.45) is 11.5 Å². The average molecular weight is 971 g/mol. The highest BCUT2D eigenvalue weighted by Crippen LogP contribution is 2.37. The van der Waals surface area contributed by atoms with Crippen molar-refractivity contribution in [2.75, 3.05) is 74.2 Å². The quantitative estimate of drug-likeness (QED) is 0.116. The summed E-state index contributed by atoms with van der Waals surface area (Å²) in [5, 5.41) is 13.0. The van der Waals surface area contributed by atoms with E-state index in [1.165, 1.54) is 47.7 Å². The summed E-state index contributed by atoms with van der Waals surface area (Å²) < 4.78 is 33.6. The standard InChI is InChI=1S/C51H70N8O11/c1-65-41-26-42(66-2)36(48(61)56-33-11-13-34(14-12-33)57-49(62)37-24-38(44(68-4)27-43(37)67-3)50(63)58-19-15-29(52)16-20-58)23-35(41)47(60)55-32-9-7-31(8-10-32)54-40-25-39(45(69-5)28-46(40)70-6)51(64)59-21-17-30(53)18-22-59/h23-34,54H,7-22,52-53H2,1-6H3,(H,55,60)(H,56,61)(H,57,62). The highest BCUT2D eigenvalue weighted by atomic mass is 16.5. The number of methoxy groups -OCH3 is 6. The highest BCUT2D eigenvalue weighted by molar-refractivity contribution is 6.05. The molecule has 0 spiro atoms. The lowest BCUT2D eigenvalue weighted by Crippen LogP contribution is -2.44. The van der Waals surface area contributed by atoms with Gasteiger partial charge in [-0.25, -0.2) is 0 Å². The number of anilines is 1. The van der Waals surface area contributed by atoms with E-state index in [9.17, 15) is 24.0 Å². The van der Waals surface area contributed by atoms with Crippen molar-refractivity contribution in [1.82, 2.24) is 25.8 Å². The lowest BCUT2D eigenvalue weighted by molar-refractivity contribution is 0.0703. The van der Waals surface area contributed by atoms with Gasteiger partial charge in [0.15, 0.2) is 0 Å². The predicted molar refractivity (Wildman–Crippen MR) is 263 cm³/mol. The van der Waals surface area contributed by atoms with Crippen LogP contribution in [0.2, 0.25) is 0 Å². The Kier molecular flexibility index (Phi) is 17.2. The Hall–Kier alpha value is -6.47. The number of piperidine rings is 2. The molecule has 0 unspecified atom stereocenters. The number of benzene rings is 3. The van der Waals surface area contributed by atoms with Gasteiger partial charge < -0.3 is 71.0 Å². The summed E-state index contributed by atoms with van der Waals surface area (Å²) >= 11 is 0. The van der Waals surface area contributed by atoms with Gasteiger partial charge in [0.1, 0.15) is 34.5 Å². The molecule has 8 N–H and O–H groups in total. The fourth-order valence-corrected chi connectivity index (χ4v) is 10.00. The molecule has 4 aliphatic rings. The number of carbonyl (C=O) groups is 5. The first kappa shape index (κ1) is 51.4. The fourth-order valence-electron chi connectivity index (χ4n) is 10.00. The molecule has 2 heterocycles. The number of nitrogens with one attached hydrogen (secondary N) is 4. The van der Waals surface area contributed by atoms with Gasteiger partial charge in [0.25, 0.3) is 29.5 Å². The summed E-state index contributed by atoms with van der Waals surface area (Å²) in [6.07, 6.45) is 8.06. The first-order valence-electron chi connectivity index (χ1n) is 24.3. The zero-order valence-electron chi connectivity index (χ0n) is 41.3. The SMILES string of the molecule is COc1cc(OC)c(C(=O)N2CCC(N)CC2)cc1NC1CCC(NC(=O)c2cc(C(=O)NC3CCC(NC(=O)c4cc(C(=O)N5CCC(N)CC5)c(OC)cc4OC)CC3)c(OC)cc2OC)CC1. The zero-order chi connectivity index (χ0) is 50.1. The smallest absolute Gasteiger partial charge is 0.257 e. The second kappa shape index (κ2) is 23.4. The molecule has 7 rings (SSSR count). The molecule has 5 amide bonds. The molecule has 2 aliphatic carbocycles. The molecule has 2 saturated heterocycles. The van der Waals surface area contributed by atoms with Crippen LogP contribution in [0.1, 0.15) is 129 Å². The first-order chi connectivity index (χ1) is 33.8. The van der Waals surface area contributed by atoms with Gasteiger partial charge in [0.2, 0.25) is 0 Å². The maximum atomic E-state index is 13.9.